The Labute approximate surface area is 176 Å². The smallest absolute Gasteiger partial charge is 0.198 e. The number of fused-ring (bicyclic) bond motifs is 1. The number of hydrogen-bond acceptors (Lipinski definition) is 4. The van der Waals surface area contributed by atoms with Gasteiger partial charge in [0, 0.05) is 25.8 Å². The number of nitrogens with two attached hydrogens (primary N) is 1. The number of hydrogen-bond donors (Lipinski definition) is 2. The number of aliphatic imine (C=N–C) groups is 1. The zero-order valence-electron chi connectivity index (χ0n) is 17.0. The Morgan fingerprint density at radius 1 is 1.20 bits per heavy atom. The molecule has 0 unspecified atom stereocenters. The third-order valence-electron chi connectivity index (χ3n) is 5.33. The molecule has 0 saturated heterocycles. The van der Waals surface area contributed by atoms with E-state index >= 15 is 0 Å². The molecule has 7 heteroatoms. The van der Waals surface area contributed by atoms with Crippen molar-refractivity contribution in [2.45, 2.75) is 19.3 Å². The maximum Gasteiger partial charge on any atom is 0.198 e. The van der Waals surface area contributed by atoms with Gasteiger partial charge in [0.1, 0.15) is 17.5 Å². The largest absolute Gasteiger partial charge is 0.382 e. The minimum Gasteiger partial charge on any atom is -0.382 e. The van der Waals surface area contributed by atoms with Crippen LogP contribution in [0.5, 0.6) is 0 Å². The first-order valence-corrected chi connectivity index (χ1v) is 10.1. The van der Waals surface area contributed by atoms with Crippen LogP contribution in [-0.2, 0) is 12.8 Å². The van der Waals surface area contributed by atoms with Gasteiger partial charge in [-0.25, -0.2) is 4.68 Å². The Balaban J connectivity index is 1.40. The molecule has 0 radical (unpaired) electrons. The maximum absolute atomic E-state index is 9.55. The molecular weight excluding hydrogens is 374 g/mol. The number of para-hydroxylation sites is 2. The molecule has 152 valence electrons. The number of anilines is 2. The van der Waals surface area contributed by atoms with Gasteiger partial charge >= 0.3 is 0 Å². The summed E-state index contributed by atoms with van der Waals surface area (Å²) >= 11 is 0. The first-order chi connectivity index (χ1) is 14.7. The van der Waals surface area contributed by atoms with E-state index in [0.717, 1.165) is 43.3 Å². The van der Waals surface area contributed by atoms with Gasteiger partial charge in [0.05, 0.1) is 11.4 Å². The average molecular weight is 400 g/mol. The topological polar surface area (TPSA) is 95.3 Å². The van der Waals surface area contributed by atoms with Crippen molar-refractivity contribution >= 4 is 17.5 Å². The van der Waals surface area contributed by atoms with Gasteiger partial charge in [-0.15, -0.1) is 0 Å². The van der Waals surface area contributed by atoms with E-state index < -0.39 is 0 Å². The molecule has 1 aliphatic heterocycles. The van der Waals surface area contributed by atoms with Gasteiger partial charge in [0.15, 0.2) is 5.96 Å². The lowest BCUT2D eigenvalue weighted by Gasteiger charge is -2.22. The molecule has 0 amide bonds. The molecule has 4 rings (SSSR count). The highest BCUT2D eigenvalue weighted by atomic mass is 15.3. The molecule has 0 spiro atoms. The normalized spacial score (nSPS) is 13.2. The number of nitriles is 1. The summed E-state index contributed by atoms with van der Waals surface area (Å²) in [6.07, 6.45) is 2.50. The number of guanidine groups is 1. The number of benzene rings is 2. The lowest BCUT2D eigenvalue weighted by atomic mass is 10.1. The molecule has 3 aromatic rings. The van der Waals surface area contributed by atoms with Crippen LogP contribution in [0, 0.1) is 11.3 Å². The highest BCUT2D eigenvalue weighted by Crippen LogP contribution is 2.27. The molecule has 1 aliphatic rings. The van der Waals surface area contributed by atoms with Crippen LogP contribution in [0.3, 0.4) is 0 Å². The van der Waals surface area contributed by atoms with Crippen LogP contribution in [0.15, 0.2) is 59.6 Å². The van der Waals surface area contributed by atoms with Crippen molar-refractivity contribution in [3.8, 4) is 11.8 Å². The fourth-order valence-corrected chi connectivity index (χ4v) is 3.85. The van der Waals surface area contributed by atoms with Crippen molar-refractivity contribution in [3.05, 3.63) is 71.4 Å². The minimum atomic E-state index is 0.385. The second kappa shape index (κ2) is 8.70. The standard InChI is InChI=1S/C23H25N7/c1-26-23(29-15-13-17-8-5-6-12-21(17)29)27-14-7-11-20-19(16-24)22(25)30(28-20)18-9-3-2-4-10-18/h2-6,8-10,12H,7,11,13-15,25H2,1H3,(H,26,27). The fourth-order valence-electron chi connectivity index (χ4n) is 3.85. The molecule has 0 atom stereocenters. The molecule has 7 nitrogen and oxygen atoms in total. The molecule has 0 bridgehead atoms. The SMILES string of the molecule is CN=C(NCCCc1nn(-c2ccccc2)c(N)c1C#N)N1CCc2ccccc21. The molecule has 30 heavy (non-hydrogen) atoms. The number of nitrogen functional groups attached to an aromatic ring is 1. The third-order valence-corrected chi connectivity index (χ3v) is 5.33. The summed E-state index contributed by atoms with van der Waals surface area (Å²) in [7, 11) is 1.80. The quantitative estimate of drug-likeness (QED) is 0.391. The summed E-state index contributed by atoms with van der Waals surface area (Å²) in [5.41, 5.74) is 10.8. The predicted octanol–water partition coefficient (Wildman–Crippen LogP) is 2.90. The Morgan fingerprint density at radius 2 is 1.97 bits per heavy atom. The van der Waals surface area contributed by atoms with Gasteiger partial charge in [-0.3, -0.25) is 4.99 Å². The second-order valence-corrected chi connectivity index (χ2v) is 7.17. The summed E-state index contributed by atoms with van der Waals surface area (Å²) < 4.78 is 1.64. The molecular formula is C23H25N7. The van der Waals surface area contributed by atoms with Crippen LogP contribution in [0.25, 0.3) is 5.69 Å². The fraction of sp³-hybridized carbons (Fsp3) is 0.261. The number of nitrogens with zero attached hydrogens (tertiary/aromatic N) is 5. The van der Waals surface area contributed by atoms with Crippen LogP contribution in [0.2, 0.25) is 0 Å². The third kappa shape index (κ3) is 3.72. The lowest BCUT2D eigenvalue weighted by Crippen LogP contribution is -2.41. The first-order valence-electron chi connectivity index (χ1n) is 10.1. The predicted molar refractivity (Wildman–Crippen MR) is 120 cm³/mol. The summed E-state index contributed by atoms with van der Waals surface area (Å²) in [5, 5.41) is 17.6. The molecule has 2 aromatic carbocycles. The molecule has 0 aliphatic carbocycles. The van der Waals surface area contributed by atoms with Crippen LogP contribution in [-0.4, -0.2) is 35.9 Å². The lowest BCUT2D eigenvalue weighted by molar-refractivity contribution is 0.734. The van der Waals surface area contributed by atoms with Crippen LogP contribution >= 0.6 is 0 Å². The summed E-state index contributed by atoms with van der Waals surface area (Å²) in [4.78, 5) is 6.66. The van der Waals surface area contributed by atoms with E-state index in [0.29, 0.717) is 17.8 Å². The van der Waals surface area contributed by atoms with E-state index in [9.17, 15) is 5.26 Å². The van der Waals surface area contributed by atoms with Gasteiger partial charge in [-0.2, -0.15) is 10.4 Å². The van der Waals surface area contributed by atoms with Gasteiger partial charge in [0.25, 0.3) is 0 Å². The summed E-state index contributed by atoms with van der Waals surface area (Å²) in [5.74, 6) is 1.26. The van der Waals surface area contributed by atoms with E-state index in [1.165, 1.54) is 11.3 Å². The molecule has 0 fully saturated rings. The Kier molecular flexibility index (Phi) is 5.66. The number of aromatic nitrogens is 2. The van der Waals surface area contributed by atoms with Gasteiger partial charge in [-0.05, 0) is 43.0 Å². The van der Waals surface area contributed by atoms with E-state index in [1.807, 2.05) is 30.3 Å². The Bertz CT molecular complexity index is 1090. The highest BCUT2D eigenvalue weighted by molar-refractivity contribution is 5.97. The Morgan fingerprint density at radius 3 is 2.73 bits per heavy atom. The zero-order chi connectivity index (χ0) is 20.9. The first kappa shape index (κ1) is 19.5. The van der Waals surface area contributed by atoms with E-state index in [1.54, 1.807) is 11.7 Å². The van der Waals surface area contributed by atoms with Crippen molar-refractivity contribution in [1.29, 1.82) is 5.26 Å². The van der Waals surface area contributed by atoms with Crippen molar-refractivity contribution in [2.24, 2.45) is 4.99 Å². The second-order valence-electron chi connectivity index (χ2n) is 7.17. The summed E-state index contributed by atoms with van der Waals surface area (Å²) in [6.45, 7) is 1.66. The molecule has 1 aromatic heterocycles. The Hall–Kier alpha value is -3.79. The van der Waals surface area contributed by atoms with Gasteiger partial charge in [0.2, 0.25) is 0 Å². The summed E-state index contributed by atoms with van der Waals surface area (Å²) in [6, 6.07) is 20.3. The van der Waals surface area contributed by atoms with Crippen molar-refractivity contribution < 1.29 is 0 Å². The van der Waals surface area contributed by atoms with E-state index in [-0.39, 0.29) is 0 Å². The molecule has 0 saturated carbocycles. The van der Waals surface area contributed by atoms with Crippen LogP contribution < -0.4 is 16.0 Å². The number of nitrogens with one attached hydrogen (secondary N) is 1. The maximum atomic E-state index is 9.55. The molecule has 2 heterocycles. The number of aryl methyl sites for hydroxylation is 1. The van der Waals surface area contributed by atoms with Crippen LogP contribution in [0.1, 0.15) is 23.2 Å². The highest BCUT2D eigenvalue weighted by Gasteiger charge is 2.22. The monoisotopic (exact) mass is 399 g/mol. The number of rotatable bonds is 5. The van der Waals surface area contributed by atoms with Crippen molar-refractivity contribution in [2.75, 3.05) is 30.8 Å². The van der Waals surface area contributed by atoms with E-state index in [2.05, 4.69) is 50.6 Å². The molecule has 3 N–H and O–H groups in total. The van der Waals surface area contributed by atoms with Crippen molar-refractivity contribution in [1.82, 2.24) is 15.1 Å². The minimum absolute atomic E-state index is 0.385. The van der Waals surface area contributed by atoms with Gasteiger partial charge in [-0.1, -0.05) is 36.4 Å². The van der Waals surface area contributed by atoms with Crippen LogP contribution in [0.4, 0.5) is 11.5 Å². The van der Waals surface area contributed by atoms with Crippen molar-refractivity contribution in [3.63, 3.8) is 0 Å². The average Bonchev–Trinajstić information content (AvgIpc) is 3.35. The van der Waals surface area contributed by atoms with E-state index in [4.69, 9.17) is 5.73 Å². The zero-order valence-corrected chi connectivity index (χ0v) is 17.0. The van der Waals surface area contributed by atoms with Gasteiger partial charge < -0.3 is 16.0 Å².